The lowest BCUT2D eigenvalue weighted by Crippen LogP contribution is -2.49. The molecule has 2 N–H and O–H groups in total. The molecule has 2 rings (SSSR count). The van der Waals surface area contributed by atoms with Gasteiger partial charge in [-0.3, -0.25) is 4.79 Å². The molecule has 0 spiro atoms. The lowest BCUT2D eigenvalue weighted by atomic mass is 9.82. The molecule has 1 unspecified atom stereocenters. The zero-order chi connectivity index (χ0) is 14.8. The summed E-state index contributed by atoms with van der Waals surface area (Å²) in [6, 6.07) is 7.02. The fourth-order valence-corrected chi connectivity index (χ4v) is 2.59. The van der Waals surface area contributed by atoms with Crippen molar-refractivity contribution in [1.29, 1.82) is 0 Å². The van der Waals surface area contributed by atoms with E-state index in [4.69, 9.17) is 0 Å². The number of rotatable bonds is 2. The van der Waals surface area contributed by atoms with E-state index in [0.29, 0.717) is 25.1 Å². The van der Waals surface area contributed by atoms with Crippen molar-refractivity contribution in [3.05, 3.63) is 28.7 Å². The van der Waals surface area contributed by atoms with Crippen molar-refractivity contribution in [2.24, 2.45) is 5.41 Å². The van der Waals surface area contributed by atoms with E-state index in [1.54, 1.807) is 24.0 Å². The second-order valence-corrected chi connectivity index (χ2v) is 6.24. The average Bonchev–Trinajstić information content (AvgIpc) is 2.41. The predicted molar refractivity (Wildman–Crippen MR) is 79.7 cm³/mol. The third-order valence-corrected chi connectivity index (χ3v) is 4.12. The van der Waals surface area contributed by atoms with Gasteiger partial charge in [-0.15, -0.1) is 0 Å². The number of amides is 2. The van der Waals surface area contributed by atoms with E-state index in [2.05, 4.69) is 21.2 Å². The van der Waals surface area contributed by atoms with Crippen molar-refractivity contribution in [1.82, 2.24) is 4.90 Å². The fourth-order valence-electron chi connectivity index (χ4n) is 2.32. The van der Waals surface area contributed by atoms with Crippen LogP contribution in [-0.2, 0) is 4.79 Å². The molecular weight excluding hydrogens is 324 g/mol. The molecule has 1 saturated heterocycles. The maximum Gasteiger partial charge on any atom is 0.321 e. The smallest absolute Gasteiger partial charge is 0.321 e. The van der Waals surface area contributed by atoms with Gasteiger partial charge in [-0.2, -0.15) is 0 Å². The molecule has 1 atom stereocenters. The highest BCUT2D eigenvalue weighted by Gasteiger charge is 2.39. The average molecular weight is 341 g/mol. The third kappa shape index (κ3) is 3.30. The molecule has 6 heteroatoms. The second-order valence-electron chi connectivity index (χ2n) is 5.33. The van der Waals surface area contributed by atoms with Gasteiger partial charge < -0.3 is 15.3 Å². The van der Waals surface area contributed by atoms with E-state index in [0.717, 1.165) is 4.47 Å². The first-order chi connectivity index (χ1) is 9.40. The van der Waals surface area contributed by atoms with Crippen LogP contribution in [0.25, 0.3) is 0 Å². The van der Waals surface area contributed by atoms with Crippen molar-refractivity contribution in [2.45, 2.75) is 19.8 Å². The Morgan fingerprint density at radius 1 is 1.35 bits per heavy atom. The number of carboxylic acids is 1. The standard InChI is InChI=1S/C14H17BrN2O3/c1-14(12(18)19)7-2-8-17(9-14)13(20)16-11-5-3-10(15)4-6-11/h3-6H,2,7-9H2,1H3,(H,16,20)(H,18,19). The molecule has 0 bridgehead atoms. The van der Waals surface area contributed by atoms with Crippen LogP contribution in [0.4, 0.5) is 10.5 Å². The van der Waals surface area contributed by atoms with E-state index in [1.807, 2.05) is 12.1 Å². The van der Waals surface area contributed by atoms with Crippen LogP contribution in [-0.4, -0.2) is 35.1 Å². The zero-order valence-corrected chi connectivity index (χ0v) is 12.8. The Bertz CT molecular complexity index is 518. The van der Waals surface area contributed by atoms with Gasteiger partial charge in [0.2, 0.25) is 0 Å². The first kappa shape index (κ1) is 14.8. The number of halogens is 1. The molecule has 20 heavy (non-hydrogen) atoms. The van der Waals surface area contributed by atoms with Crippen LogP contribution < -0.4 is 5.32 Å². The highest BCUT2D eigenvalue weighted by Crippen LogP contribution is 2.30. The number of carbonyl (C=O) groups excluding carboxylic acids is 1. The molecule has 1 aliphatic heterocycles. The molecule has 1 aromatic rings. The van der Waals surface area contributed by atoms with Crippen LogP contribution in [0.15, 0.2) is 28.7 Å². The highest BCUT2D eigenvalue weighted by molar-refractivity contribution is 9.10. The molecule has 108 valence electrons. The van der Waals surface area contributed by atoms with Gasteiger partial charge in [0.05, 0.1) is 5.41 Å². The SMILES string of the molecule is CC1(C(=O)O)CCCN(C(=O)Nc2ccc(Br)cc2)C1. The summed E-state index contributed by atoms with van der Waals surface area (Å²) in [7, 11) is 0. The molecule has 0 aliphatic carbocycles. The van der Waals surface area contributed by atoms with Gasteiger partial charge in [-0.05, 0) is 44.0 Å². The minimum Gasteiger partial charge on any atom is -0.481 e. The Labute approximate surface area is 126 Å². The van der Waals surface area contributed by atoms with Gasteiger partial charge in [-0.1, -0.05) is 15.9 Å². The summed E-state index contributed by atoms with van der Waals surface area (Å²) >= 11 is 3.33. The van der Waals surface area contributed by atoms with Crippen molar-refractivity contribution in [2.75, 3.05) is 18.4 Å². The van der Waals surface area contributed by atoms with Crippen molar-refractivity contribution in [3.8, 4) is 0 Å². The first-order valence-electron chi connectivity index (χ1n) is 6.46. The van der Waals surface area contributed by atoms with Crippen molar-refractivity contribution in [3.63, 3.8) is 0 Å². The Hall–Kier alpha value is -1.56. The molecular formula is C14H17BrN2O3. The monoisotopic (exact) mass is 340 g/mol. The number of nitrogens with zero attached hydrogens (tertiary/aromatic N) is 1. The fraction of sp³-hybridized carbons (Fsp3) is 0.429. The number of piperidine rings is 1. The number of anilines is 1. The number of carbonyl (C=O) groups is 2. The molecule has 0 aromatic heterocycles. The lowest BCUT2D eigenvalue weighted by molar-refractivity contribution is -0.150. The minimum atomic E-state index is -0.852. The molecule has 5 nitrogen and oxygen atoms in total. The lowest BCUT2D eigenvalue weighted by Gasteiger charge is -2.37. The Balaban J connectivity index is 2.02. The van der Waals surface area contributed by atoms with Gasteiger partial charge in [0.15, 0.2) is 0 Å². The van der Waals surface area contributed by atoms with E-state index >= 15 is 0 Å². The van der Waals surface area contributed by atoms with Crippen LogP contribution in [0.1, 0.15) is 19.8 Å². The Morgan fingerprint density at radius 3 is 2.60 bits per heavy atom. The first-order valence-corrected chi connectivity index (χ1v) is 7.25. The van der Waals surface area contributed by atoms with Crippen LogP contribution in [0.3, 0.4) is 0 Å². The second kappa shape index (κ2) is 5.83. The van der Waals surface area contributed by atoms with Gasteiger partial charge in [0.25, 0.3) is 0 Å². The third-order valence-electron chi connectivity index (χ3n) is 3.60. The van der Waals surface area contributed by atoms with Crippen LogP contribution in [0, 0.1) is 5.41 Å². The number of aliphatic carboxylic acids is 1. The normalized spacial score (nSPS) is 22.4. The molecule has 0 radical (unpaired) electrons. The molecule has 1 fully saturated rings. The van der Waals surface area contributed by atoms with E-state index in [9.17, 15) is 14.7 Å². The molecule has 1 aliphatic rings. The summed E-state index contributed by atoms with van der Waals surface area (Å²) in [5, 5.41) is 12.0. The molecule has 0 saturated carbocycles. The highest BCUT2D eigenvalue weighted by atomic mass is 79.9. The van der Waals surface area contributed by atoms with E-state index < -0.39 is 11.4 Å². The minimum absolute atomic E-state index is 0.241. The number of carboxylic acid groups (broad SMARTS) is 1. The maximum absolute atomic E-state index is 12.2. The summed E-state index contributed by atoms with van der Waals surface area (Å²) in [4.78, 5) is 25.0. The van der Waals surface area contributed by atoms with E-state index in [-0.39, 0.29) is 12.6 Å². The summed E-state index contributed by atoms with van der Waals surface area (Å²) in [5.74, 6) is -0.848. The van der Waals surface area contributed by atoms with Crippen LogP contribution in [0.2, 0.25) is 0 Å². The topological polar surface area (TPSA) is 69.6 Å². The van der Waals surface area contributed by atoms with Crippen molar-refractivity contribution < 1.29 is 14.7 Å². The number of likely N-dealkylation sites (tertiary alicyclic amines) is 1. The van der Waals surface area contributed by atoms with Crippen LogP contribution >= 0.6 is 15.9 Å². The van der Waals surface area contributed by atoms with Gasteiger partial charge in [0.1, 0.15) is 0 Å². The van der Waals surface area contributed by atoms with E-state index in [1.165, 1.54) is 0 Å². The van der Waals surface area contributed by atoms with Gasteiger partial charge in [0, 0.05) is 23.2 Å². The predicted octanol–water partition coefficient (Wildman–Crippen LogP) is 3.17. The Morgan fingerprint density at radius 2 is 2.00 bits per heavy atom. The zero-order valence-electron chi connectivity index (χ0n) is 11.2. The summed E-state index contributed by atoms with van der Waals surface area (Å²) < 4.78 is 0.937. The summed E-state index contributed by atoms with van der Waals surface area (Å²) in [5.41, 5.74) is -0.157. The molecule has 2 amide bonds. The Kier molecular flexibility index (Phi) is 4.32. The largest absolute Gasteiger partial charge is 0.481 e. The summed E-state index contributed by atoms with van der Waals surface area (Å²) in [6.45, 7) is 2.52. The number of hydrogen-bond acceptors (Lipinski definition) is 2. The number of nitrogens with one attached hydrogen (secondary N) is 1. The van der Waals surface area contributed by atoms with Gasteiger partial charge >= 0.3 is 12.0 Å². The molecule has 1 aromatic carbocycles. The molecule has 1 heterocycles. The summed E-state index contributed by atoms with van der Waals surface area (Å²) in [6.07, 6.45) is 1.31. The van der Waals surface area contributed by atoms with Crippen molar-refractivity contribution >= 4 is 33.6 Å². The number of hydrogen-bond donors (Lipinski definition) is 2. The number of urea groups is 1. The number of benzene rings is 1. The van der Waals surface area contributed by atoms with Gasteiger partial charge in [-0.25, -0.2) is 4.79 Å². The quantitative estimate of drug-likeness (QED) is 0.868. The maximum atomic E-state index is 12.2. The van der Waals surface area contributed by atoms with Crippen LogP contribution in [0.5, 0.6) is 0 Å².